The van der Waals surface area contributed by atoms with Crippen LogP contribution in [-0.2, 0) is 6.42 Å². The molecule has 0 spiro atoms. The third kappa shape index (κ3) is 1.88. The Morgan fingerprint density at radius 1 is 1.54 bits per heavy atom. The van der Waals surface area contributed by atoms with Crippen molar-refractivity contribution >= 4 is 0 Å². The molecule has 1 rings (SSSR count). The van der Waals surface area contributed by atoms with Crippen LogP contribution in [0.5, 0.6) is 5.88 Å². The van der Waals surface area contributed by atoms with E-state index >= 15 is 0 Å². The molecule has 0 bridgehead atoms. The quantitative estimate of drug-likeness (QED) is 0.721. The van der Waals surface area contributed by atoms with Gasteiger partial charge in [-0.1, -0.05) is 20.8 Å². The predicted molar refractivity (Wildman–Crippen MR) is 50.0 cm³/mol. The first-order valence-electron chi connectivity index (χ1n) is 4.38. The molecule has 2 N–H and O–H groups in total. The summed E-state index contributed by atoms with van der Waals surface area (Å²) >= 11 is 0. The van der Waals surface area contributed by atoms with Crippen molar-refractivity contribution in [3.63, 3.8) is 0 Å². The van der Waals surface area contributed by atoms with E-state index < -0.39 is 0 Å². The zero-order valence-electron chi connectivity index (χ0n) is 8.09. The third-order valence-corrected chi connectivity index (χ3v) is 1.91. The van der Waals surface area contributed by atoms with Crippen LogP contribution in [0.4, 0.5) is 0 Å². The Morgan fingerprint density at radius 3 is 2.54 bits per heavy atom. The summed E-state index contributed by atoms with van der Waals surface area (Å²) in [5.41, 5.74) is 0.114. The maximum absolute atomic E-state index is 11.3. The summed E-state index contributed by atoms with van der Waals surface area (Å²) in [6.45, 7) is 5.62. The molecule has 0 saturated heterocycles. The summed E-state index contributed by atoms with van der Waals surface area (Å²) in [6.07, 6.45) is 0.493. The van der Waals surface area contributed by atoms with E-state index in [0.717, 1.165) is 0 Å². The van der Waals surface area contributed by atoms with Crippen LogP contribution < -0.4 is 5.56 Å². The van der Waals surface area contributed by atoms with Crippen molar-refractivity contribution in [1.29, 1.82) is 0 Å². The van der Waals surface area contributed by atoms with Crippen molar-refractivity contribution in [2.75, 3.05) is 0 Å². The van der Waals surface area contributed by atoms with E-state index in [2.05, 4.69) is 9.97 Å². The van der Waals surface area contributed by atoms with Crippen LogP contribution in [0.25, 0.3) is 0 Å². The summed E-state index contributed by atoms with van der Waals surface area (Å²) in [5, 5.41) is 9.39. The van der Waals surface area contributed by atoms with Crippen LogP contribution in [0.2, 0.25) is 0 Å². The lowest BCUT2D eigenvalue weighted by Gasteiger charge is -2.06. The molecule has 0 aliphatic heterocycles. The average Bonchev–Trinajstić information content (AvgIpc) is 2.03. The number of hydrogen-bond acceptors (Lipinski definition) is 3. The van der Waals surface area contributed by atoms with Gasteiger partial charge in [-0.15, -0.1) is 0 Å². The monoisotopic (exact) mass is 182 g/mol. The van der Waals surface area contributed by atoms with Crippen LogP contribution in [0.15, 0.2) is 4.79 Å². The summed E-state index contributed by atoms with van der Waals surface area (Å²) in [6, 6.07) is 0. The largest absolute Gasteiger partial charge is 0.493 e. The zero-order valence-corrected chi connectivity index (χ0v) is 8.09. The Balaban J connectivity index is 3.29. The van der Waals surface area contributed by atoms with Gasteiger partial charge in [0.15, 0.2) is 0 Å². The van der Waals surface area contributed by atoms with Gasteiger partial charge in [-0.2, -0.15) is 4.98 Å². The van der Waals surface area contributed by atoms with Gasteiger partial charge in [-0.05, 0) is 6.42 Å². The fraction of sp³-hybridized carbons (Fsp3) is 0.556. The second kappa shape index (κ2) is 3.60. The Bertz CT molecular complexity index is 355. The number of aromatic amines is 1. The highest BCUT2D eigenvalue weighted by molar-refractivity contribution is 5.22. The second-order valence-corrected chi connectivity index (χ2v) is 3.26. The first-order valence-corrected chi connectivity index (χ1v) is 4.38. The smallest absolute Gasteiger partial charge is 0.257 e. The number of nitrogens with one attached hydrogen (secondary N) is 1. The van der Waals surface area contributed by atoms with Crippen LogP contribution in [-0.4, -0.2) is 15.1 Å². The lowest BCUT2D eigenvalue weighted by Crippen LogP contribution is -2.16. The highest BCUT2D eigenvalue weighted by atomic mass is 16.3. The van der Waals surface area contributed by atoms with Gasteiger partial charge < -0.3 is 10.1 Å². The number of aromatic hydroxyl groups is 1. The lowest BCUT2D eigenvalue weighted by molar-refractivity contribution is 0.438. The molecule has 0 aromatic carbocycles. The third-order valence-electron chi connectivity index (χ3n) is 1.91. The molecule has 0 fully saturated rings. The van der Waals surface area contributed by atoms with E-state index in [1.54, 1.807) is 6.92 Å². The molecule has 72 valence electrons. The number of nitrogens with zero attached hydrogens (tertiary/aromatic N) is 1. The normalized spacial score (nSPS) is 10.8. The van der Waals surface area contributed by atoms with Gasteiger partial charge in [0, 0.05) is 5.92 Å². The lowest BCUT2D eigenvalue weighted by atomic mass is 10.2. The van der Waals surface area contributed by atoms with Crippen molar-refractivity contribution in [2.24, 2.45) is 0 Å². The minimum Gasteiger partial charge on any atom is -0.493 e. The topological polar surface area (TPSA) is 66.0 Å². The van der Waals surface area contributed by atoms with E-state index in [4.69, 9.17) is 0 Å². The summed E-state index contributed by atoms with van der Waals surface area (Å²) in [4.78, 5) is 17.9. The number of hydrogen-bond donors (Lipinski definition) is 2. The minimum atomic E-state index is -0.237. The Kier molecular flexibility index (Phi) is 2.70. The maximum atomic E-state index is 11.3. The van der Waals surface area contributed by atoms with Gasteiger partial charge in [0.1, 0.15) is 5.82 Å². The molecule has 0 aliphatic carbocycles. The first-order chi connectivity index (χ1) is 6.06. The van der Waals surface area contributed by atoms with E-state index in [-0.39, 0.29) is 17.4 Å². The fourth-order valence-electron chi connectivity index (χ4n) is 1.09. The molecule has 1 aromatic heterocycles. The molecule has 0 unspecified atom stereocenters. The van der Waals surface area contributed by atoms with Crippen molar-refractivity contribution < 1.29 is 5.11 Å². The summed E-state index contributed by atoms with van der Waals surface area (Å²) in [7, 11) is 0. The number of rotatable bonds is 2. The molecule has 1 heterocycles. The molecule has 0 aliphatic rings. The SMILES string of the molecule is CCc1c(O)nc(C(C)C)[nH]c1=O. The molecular formula is C9H14N2O2. The predicted octanol–water partition coefficient (Wildman–Crippen LogP) is 1.16. The number of H-pyrrole nitrogens is 1. The van der Waals surface area contributed by atoms with Crippen molar-refractivity contribution in [1.82, 2.24) is 9.97 Å². The van der Waals surface area contributed by atoms with Crippen LogP contribution in [0.3, 0.4) is 0 Å². The zero-order chi connectivity index (χ0) is 10.0. The molecule has 0 amide bonds. The van der Waals surface area contributed by atoms with Crippen molar-refractivity contribution in [3.05, 3.63) is 21.7 Å². The maximum Gasteiger partial charge on any atom is 0.257 e. The van der Waals surface area contributed by atoms with Crippen LogP contribution >= 0.6 is 0 Å². The highest BCUT2D eigenvalue weighted by Crippen LogP contribution is 2.13. The highest BCUT2D eigenvalue weighted by Gasteiger charge is 2.10. The first kappa shape index (κ1) is 9.77. The van der Waals surface area contributed by atoms with Crippen molar-refractivity contribution in [2.45, 2.75) is 33.1 Å². The van der Waals surface area contributed by atoms with Crippen LogP contribution in [0.1, 0.15) is 38.1 Å². The molecule has 0 atom stereocenters. The van der Waals surface area contributed by atoms with E-state index in [0.29, 0.717) is 17.8 Å². The number of aromatic nitrogens is 2. The molecular weight excluding hydrogens is 168 g/mol. The van der Waals surface area contributed by atoms with E-state index in [1.807, 2.05) is 13.8 Å². The standard InChI is InChI=1S/C9H14N2O2/c1-4-6-8(12)10-7(5(2)3)11-9(6)13/h5H,4H2,1-3H3,(H2,10,11,12,13). The van der Waals surface area contributed by atoms with Gasteiger partial charge in [-0.3, -0.25) is 4.79 Å². The molecule has 13 heavy (non-hydrogen) atoms. The molecule has 0 radical (unpaired) electrons. The minimum absolute atomic E-state index is 0.115. The molecule has 4 heteroatoms. The Morgan fingerprint density at radius 2 is 2.15 bits per heavy atom. The van der Waals surface area contributed by atoms with Gasteiger partial charge in [0.2, 0.25) is 5.88 Å². The van der Waals surface area contributed by atoms with Gasteiger partial charge in [0.25, 0.3) is 5.56 Å². The summed E-state index contributed by atoms with van der Waals surface area (Å²) in [5.74, 6) is 0.499. The fourth-order valence-corrected chi connectivity index (χ4v) is 1.09. The average molecular weight is 182 g/mol. The van der Waals surface area contributed by atoms with E-state index in [9.17, 15) is 9.90 Å². The van der Waals surface area contributed by atoms with Crippen LogP contribution in [0, 0.1) is 0 Å². The van der Waals surface area contributed by atoms with Gasteiger partial charge in [-0.25, -0.2) is 0 Å². The van der Waals surface area contributed by atoms with Gasteiger partial charge >= 0.3 is 0 Å². The summed E-state index contributed by atoms with van der Waals surface area (Å²) < 4.78 is 0. The molecule has 1 aromatic rings. The Hall–Kier alpha value is -1.32. The second-order valence-electron chi connectivity index (χ2n) is 3.26. The van der Waals surface area contributed by atoms with Crippen molar-refractivity contribution in [3.8, 4) is 5.88 Å². The Labute approximate surface area is 76.7 Å². The van der Waals surface area contributed by atoms with E-state index in [1.165, 1.54) is 0 Å². The molecule has 0 saturated carbocycles. The molecule has 4 nitrogen and oxygen atoms in total. The van der Waals surface area contributed by atoms with Gasteiger partial charge in [0.05, 0.1) is 5.56 Å².